The Kier molecular flexibility index (Phi) is 4.07. The molecule has 1 saturated carbocycles. The summed E-state index contributed by atoms with van der Waals surface area (Å²) in [6.07, 6.45) is 6.84. The van der Waals surface area contributed by atoms with E-state index in [9.17, 15) is 8.42 Å². The van der Waals surface area contributed by atoms with Crippen molar-refractivity contribution in [3.05, 3.63) is 11.9 Å². The lowest BCUT2D eigenvalue weighted by atomic mass is 9.95. The van der Waals surface area contributed by atoms with Crippen LogP contribution in [0.15, 0.2) is 11.1 Å². The maximum atomic E-state index is 12.6. The van der Waals surface area contributed by atoms with Crippen molar-refractivity contribution in [3.63, 3.8) is 0 Å². The van der Waals surface area contributed by atoms with Crippen LogP contribution in [0, 0.1) is 6.92 Å². The van der Waals surface area contributed by atoms with Crippen molar-refractivity contribution in [2.24, 2.45) is 0 Å². The van der Waals surface area contributed by atoms with Gasteiger partial charge in [0.15, 0.2) is 0 Å². The number of nitrogens with one attached hydrogen (secondary N) is 1. The van der Waals surface area contributed by atoms with E-state index in [0.29, 0.717) is 17.1 Å². The van der Waals surface area contributed by atoms with Gasteiger partial charge in [-0.1, -0.05) is 26.2 Å². The molecule has 0 aromatic carbocycles. The van der Waals surface area contributed by atoms with E-state index in [1.807, 2.05) is 6.92 Å². The summed E-state index contributed by atoms with van der Waals surface area (Å²) in [4.78, 5) is 0.315. The molecule has 0 unspecified atom stereocenters. The van der Waals surface area contributed by atoms with E-state index in [1.54, 1.807) is 11.2 Å². The second kappa shape index (κ2) is 5.40. The SMILES string of the molecule is CCN(C1CCCCC1)S(=O)(=O)c1cn[nH]c1C. The van der Waals surface area contributed by atoms with Crippen LogP contribution in [0.2, 0.25) is 0 Å². The Labute approximate surface area is 109 Å². The maximum Gasteiger partial charge on any atom is 0.246 e. The molecule has 1 aliphatic rings. The Hall–Kier alpha value is -0.880. The van der Waals surface area contributed by atoms with Crippen molar-refractivity contribution >= 4 is 10.0 Å². The molecule has 18 heavy (non-hydrogen) atoms. The van der Waals surface area contributed by atoms with Gasteiger partial charge >= 0.3 is 0 Å². The van der Waals surface area contributed by atoms with Crippen LogP contribution in [0.4, 0.5) is 0 Å². The number of H-pyrrole nitrogens is 1. The molecule has 1 fully saturated rings. The summed E-state index contributed by atoms with van der Waals surface area (Å²) in [7, 11) is -3.40. The molecule has 102 valence electrons. The highest BCUT2D eigenvalue weighted by atomic mass is 32.2. The highest BCUT2D eigenvalue weighted by molar-refractivity contribution is 7.89. The van der Waals surface area contributed by atoms with Crippen LogP contribution in [-0.2, 0) is 10.0 Å². The van der Waals surface area contributed by atoms with Crippen LogP contribution in [0.3, 0.4) is 0 Å². The number of nitrogens with zero attached hydrogens (tertiary/aromatic N) is 2. The number of aromatic nitrogens is 2. The zero-order valence-electron chi connectivity index (χ0n) is 11.0. The van der Waals surface area contributed by atoms with Gasteiger partial charge in [0.25, 0.3) is 0 Å². The van der Waals surface area contributed by atoms with Crippen LogP contribution in [0.5, 0.6) is 0 Å². The Morgan fingerprint density at radius 1 is 1.39 bits per heavy atom. The zero-order chi connectivity index (χ0) is 13.2. The summed E-state index contributed by atoms with van der Waals surface area (Å²) in [5.41, 5.74) is 0.615. The predicted molar refractivity (Wildman–Crippen MR) is 69.8 cm³/mol. The molecule has 0 aliphatic heterocycles. The van der Waals surface area contributed by atoms with Gasteiger partial charge in [0.1, 0.15) is 4.90 Å². The smallest absolute Gasteiger partial charge is 0.246 e. The van der Waals surface area contributed by atoms with E-state index in [0.717, 1.165) is 25.7 Å². The molecular formula is C12H21N3O2S. The standard InChI is InChI=1S/C12H21N3O2S/c1-3-15(11-7-5-4-6-8-11)18(16,17)12-9-13-14-10(12)2/h9,11H,3-8H2,1-2H3,(H,13,14). The lowest BCUT2D eigenvalue weighted by Crippen LogP contribution is -2.41. The number of aryl methyl sites for hydroxylation is 1. The van der Waals surface area contributed by atoms with E-state index in [1.165, 1.54) is 12.6 Å². The molecule has 1 N–H and O–H groups in total. The van der Waals surface area contributed by atoms with Crippen LogP contribution in [-0.4, -0.2) is 35.5 Å². The van der Waals surface area contributed by atoms with Crippen molar-refractivity contribution < 1.29 is 8.42 Å². The van der Waals surface area contributed by atoms with Gasteiger partial charge < -0.3 is 0 Å². The molecule has 0 saturated heterocycles. The van der Waals surface area contributed by atoms with Crippen molar-refractivity contribution in [1.82, 2.24) is 14.5 Å². The van der Waals surface area contributed by atoms with Gasteiger partial charge in [-0.15, -0.1) is 0 Å². The van der Waals surface area contributed by atoms with Crippen molar-refractivity contribution in [2.75, 3.05) is 6.54 Å². The summed E-state index contributed by atoms with van der Waals surface area (Å²) in [6.45, 7) is 4.17. The number of rotatable bonds is 4. The Bertz CT molecular complexity index is 489. The number of sulfonamides is 1. The first-order chi connectivity index (χ1) is 8.57. The Morgan fingerprint density at radius 2 is 2.06 bits per heavy atom. The van der Waals surface area contributed by atoms with Crippen LogP contribution < -0.4 is 0 Å². The first-order valence-corrected chi connectivity index (χ1v) is 8.03. The molecule has 1 heterocycles. The van der Waals surface area contributed by atoms with Gasteiger partial charge in [-0.2, -0.15) is 9.40 Å². The summed E-state index contributed by atoms with van der Waals surface area (Å²) in [6, 6.07) is 0.156. The average Bonchev–Trinajstić information content (AvgIpc) is 2.78. The highest BCUT2D eigenvalue weighted by Gasteiger charge is 2.32. The molecule has 1 aliphatic carbocycles. The monoisotopic (exact) mass is 271 g/mol. The van der Waals surface area contributed by atoms with Crippen LogP contribution in [0.25, 0.3) is 0 Å². The highest BCUT2D eigenvalue weighted by Crippen LogP contribution is 2.28. The van der Waals surface area contributed by atoms with Crippen LogP contribution >= 0.6 is 0 Å². The Morgan fingerprint density at radius 3 is 2.56 bits per heavy atom. The van der Waals surface area contributed by atoms with E-state index in [4.69, 9.17) is 0 Å². The topological polar surface area (TPSA) is 66.1 Å². The van der Waals surface area contributed by atoms with Crippen molar-refractivity contribution in [2.45, 2.75) is 56.9 Å². The molecule has 1 aromatic heterocycles. The normalized spacial score (nSPS) is 18.4. The first-order valence-electron chi connectivity index (χ1n) is 6.59. The van der Waals surface area contributed by atoms with Gasteiger partial charge in [-0.25, -0.2) is 8.42 Å². The minimum Gasteiger partial charge on any atom is -0.281 e. The van der Waals surface area contributed by atoms with Crippen LogP contribution in [0.1, 0.15) is 44.7 Å². The van der Waals surface area contributed by atoms with Gasteiger partial charge in [-0.3, -0.25) is 5.10 Å². The molecule has 0 spiro atoms. The van der Waals surface area contributed by atoms with Crippen molar-refractivity contribution in [1.29, 1.82) is 0 Å². The molecular weight excluding hydrogens is 250 g/mol. The molecule has 2 rings (SSSR count). The molecule has 0 atom stereocenters. The van der Waals surface area contributed by atoms with Gasteiger partial charge in [0.2, 0.25) is 10.0 Å². The number of hydrogen-bond acceptors (Lipinski definition) is 3. The Balaban J connectivity index is 2.29. The molecule has 0 amide bonds. The lowest BCUT2D eigenvalue weighted by Gasteiger charge is -2.32. The van der Waals surface area contributed by atoms with Gasteiger partial charge in [0.05, 0.1) is 11.9 Å². The summed E-state index contributed by atoms with van der Waals surface area (Å²) < 4.78 is 26.9. The number of aromatic amines is 1. The summed E-state index contributed by atoms with van der Waals surface area (Å²) in [5.74, 6) is 0. The second-order valence-corrected chi connectivity index (χ2v) is 6.72. The summed E-state index contributed by atoms with van der Waals surface area (Å²) in [5, 5.41) is 6.52. The van der Waals surface area contributed by atoms with E-state index < -0.39 is 10.0 Å². The zero-order valence-corrected chi connectivity index (χ0v) is 11.8. The largest absolute Gasteiger partial charge is 0.281 e. The molecule has 6 heteroatoms. The molecule has 1 aromatic rings. The third kappa shape index (κ3) is 2.44. The molecule has 5 nitrogen and oxygen atoms in total. The van der Waals surface area contributed by atoms with E-state index >= 15 is 0 Å². The maximum absolute atomic E-state index is 12.6. The van der Waals surface area contributed by atoms with E-state index in [-0.39, 0.29) is 6.04 Å². The van der Waals surface area contributed by atoms with Crippen molar-refractivity contribution in [3.8, 4) is 0 Å². The fourth-order valence-electron chi connectivity index (χ4n) is 2.72. The third-order valence-electron chi connectivity index (χ3n) is 3.66. The minimum atomic E-state index is -3.40. The molecule has 0 radical (unpaired) electrons. The van der Waals surface area contributed by atoms with Gasteiger partial charge in [0, 0.05) is 12.6 Å². The fourth-order valence-corrected chi connectivity index (χ4v) is 4.53. The predicted octanol–water partition coefficient (Wildman–Crippen LogP) is 2.06. The quantitative estimate of drug-likeness (QED) is 0.911. The minimum absolute atomic E-state index is 0.156. The fraction of sp³-hybridized carbons (Fsp3) is 0.750. The van der Waals surface area contributed by atoms with Gasteiger partial charge in [-0.05, 0) is 19.8 Å². The second-order valence-electron chi connectivity index (χ2n) is 4.86. The van der Waals surface area contributed by atoms with E-state index in [2.05, 4.69) is 10.2 Å². The number of hydrogen-bond donors (Lipinski definition) is 1. The average molecular weight is 271 g/mol. The molecule has 0 bridgehead atoms. The summed E-state index contributed by atoms with van der Waals surface area (Å²) >= 11 is 0. The first kappa shape index (κ1) is 13.5. The third-order valence-corrected chi connectivity index (χ3v) is 5.81. The lowest BCUT2D eigenvalue weighted by molar-refractivity contribution is 0.261.